The monoisotopic (exact) mass is 299 g/mol. The van der Waals surface area contributed by atoms with E-state index in [1.54, 1.807) is 26.0 Å². The zero-order chi connectivity index (χ0) is 14.2. The van der Waals surface area contributed by atoms with Crippen LogP contribution < -0.4 is 4.72 Å². The summed E-state index contributed by atoms with van der Waals surface area (Å²) in [5.41, 5.74) is 2.60. The Bertz CT molecular complexity index is 703. The lowest BCUT2D eigenvalue weighted by Crippen LogP contribution is -2.14. The van der Waals surface area contributed by atoms with Crippen LogP contribution >= 0.6 is 11.6 Å². The Morgan fingerprint density at radius 3 is 2.47 bits per heavy atom. The van der Waals surface area contributed by atoms with Gasteiger partial charge in [-0.25, -0.2) is 8.42 Å². The molecule has 19 heavy (non-hydrogen) atoms. The maximum absolute atomic E-state index is 12.3. The van der Waals surface area contributed by atoms with E-state index in [4.69, 9.17) is 11.6 Å². The van der Waals surface area contributed by atoms with E-state index in [2.05, 4.69) is 14.9 Å². The van der Waals surface area contributed by atoms with Crippen LogP contribution in [0.3, 0.4) is 0 Å². The van der Waals surface area contributed by atoms with Crippen LogP contribution in [-0.4, -0.2) is 18.6 Å². The molecule has 0 saturated carbocycles. The molecule has 2 rings (SSSR count). The van der Waals surface area contributed by atoms with Gasteiger partial charge in [0.1, 0.15) is 4.90 Å². The summed E-state index contributed by atoms with van der Waals surface area (Å²) in [5.74, 6) is 0. The van der Waals surface area contributed by atoms with Crippen molar-refractivity contribution < 1.29 is 8.42 Å². The van der Waals surface area contributed by atoms with Crippen LogP contribution in [0.15, 0.2) is 23.1 Å². The van der Waals surface area contributed by atoms with Crippen molar-refractivity contribution in [3.05, 3.63) is 40.2 Å². The fourth-order valence-electron chi connectivity index (χ4n) is 1.71. The topological polar surface area (TPSA) is 74.8 Å². The molecule has 0 bridgehead atoms. The van der Waals surface area contributed by atoms with Gasteiger partial charge in [-0.05, 0) is 38.5 Å². The first-order chi connectivity index (χ1) is 8.81. The second-order valence-corrected chi connectivity index (χ2v) is 6.41. The van der Waals surface area contributed by atoms with Gasteiger partial charge >= 0.3 is 0 Å². The summed E-state index contributed by atoms with van der Waals surface area (Å²) >= 11 is 5.99. The first-order valence-corrected chi connectivity index (χ1v) is 7.48. The number of rotatable bonds is 3. The summed E-state index contributed by atoms with van der Waals surface area (Å²) in [6.07, 6.45) is 0. The van der Waals surface area contributed by atoms with E-state index in [0.29, 0.717) is 17.1 Å². The molecule has 0 saturated heterocycles. The van der Waals surface area contributed by atoms with E-state index >= 15 is 0 Å². The molecule has 0 unspecified atom stereocenters. The molecular formula is C12H14ClN3O2S. The van der Waals surface area contributed by atoms with Gasteiger partial charge in [-0.3, -0.25) is 9.82 Å². The highest BCUT2D eigenvalue weighted by atomic mass is 35.5. The van der Waals surface area contributed by atoms with Crippen molar-refractivity contribution in [1.29, 1.82) is 0 Å². The van der Waals surface area contributed by atoms with Crippen LogP contribution in [0.1, 0.15) is 17.0 Å². The van der Waals surface area contributed by atoms with Crippen molar-refractivity contribution in [3.63, 3.8) is 0 Å². The lowest BCUT2D eigenvalue weighted by molar-refractivity contribution is 0.601. The van der Waals surface area contributed by atoms with Crippen molar-refractivity contribution in [3.8, 4) is 0 Å². The molecule has 0 fully saturated rings. The van der Waals surface area contributed by atoms with Gasteiger partial charge in [-0.1, -0.05) is 17.7 Å². The molecule has 0 amide bonds. The number of nitrogens with one attached hydrogen (secondary N) is 2. The summed E-state index contributed by atoms with van der Waals surface area (Å²) in [7, 11) is -3.72. The van der Waals surface area contributed by atoms with Gasteiger partial charge in [0, 0.05) is 0 Å². The van der Waals surface area contributed by atoms with E-state index in [9.17, 15) is 8.42 Å². The number of sulfonamides is 1. The van der Waals surface area contributed by atoms with Gasteiger partial charge in [0.2, 0.25) is 0 Å². The van der Waals surface area contributed by atoms with Crippen LogP contribution in [0.4, 0.5) is 5.69 Å². The molecule has 2 aromatic rings. The second-order valence-electron chi connectivity index (χ2n) is 4.35. The molecule has 7 heteroatoms. The Hall–Kier alpha value is -1.53. The number of aromatic nitrogens is 2. The number of hydrogen-bond donors (Lipinski definition) is 2. The average molecular weight is 300 g/mol. The summed E-state index contributed by atoms with van der Waals surface area (Å²) < 4.78 is 27.1. The van der Waals surface area contributed by atoms with Gasteiger partial charge in [0.25, 0.3) is 10.0 Å². The normalized spacial score (nSPS) is 11.6. The van der Waals surface area contributed by atoms with Gasteiger partial charge in [-0.15, -0.1) is 0 Å². The minimum Gasteiger partial charge on any atom is -0.280 e. The van der Waals surface area contributed by atoms with Gasteiger partial charge in [0.15, 0.2) is 0 Å². The molecule has 1 heterocycles. The largest absolute Gasteiger partial charge is 0.280 e. The first kappa shape index (κ1) is 13.9. The third kappa shape index (κ3) is 2.74. The van der Waals surface area contributed by atoms with Crippen molar-refractivity contribution in [2.45, 2.75) is 25.7 Å². The number of nitrogens with zero attached hydrogens (tertiary/aromatic N) is 1. The molecule has 0 spiro atoms. The molecule has 0 radical (unpaired) electrons. The number of H-pyrrole nitrogens is 1. The van der Waals surface area contributed by atoms with E-state index in [1.165, 1.54) is 6.07 Å². The van der Waals surface area contributed by atoms with Crippen LogP contribution in [-0.2, 0) is 10.0 Å². The maximum Gasteiger partial charge on any atom is 0.263 e. The summed E-state index contributed by atoms with van der Waals surface area (Å²) in [4.78, 5) is 0.0553. The number of benzene rings is 1. The number of halogens is 1. The number of anilines is 1. The van der Waals surface area contributed by atoms with Crippen LogP contribution in [0.5, 0.6) is 0 Å². The Balaban J connectivity index is 2.44. The third-order valence-electron chi connectivity index (χ3n) is 2.74. The molecule has 1 aromatic carbocycles. The predicted octanol–water partition coefficient (Wildman–Crippen LogP) is 2.79. The molecule has 2 N–H and O–H groups in total. The van der Waals surface area contributed by atoms with Crippen molar-refractivity contribution in [2.24, 2.45) is 0 Å². The Morgan fingerprint density at radius 2 is 1.95 bits per heavy atom. The van der Waals surface area contributed by atoms with Gasteiger partial charge in [-0.2, -0.15) is 5.10 Å². The standard InChI is InChI=1S/C12H14ClN3O2S/c1-7-4-5-11(10(13)6-7)19(17,18)16-12-8(2)14-15-9(12)3/h4-6,16H,1-3H3,(H,14,15). The smallest absolute Gasteiger partial charge is 0.263 e. The second kappa shape index (κ2) is 4.86. The highest BCUT2D eigenvalue weighted by Gasteiger charge is 2.20. The molecule has 0 atom stereocenters. The minimum atomic E-state index is -3.72. The number of hydrogen-bond acceptors (Lipinski definition) is 3. The highest BCUT2D eigenvalue weighted by Crippen LogP contribution is 2.26. The lowest BCUT2D eigenvalue weighted by Gasteiger charge is -2.10. The Morgan fingerprint density at radius 1 is 1.26 bits per heavy atom. The fraction of sp³-hybridized carbons (Fsp3) is 0.250. The van der Waals surface area contributed by atoms with E-state index in [1.807, 2.05) is 6.92 Å². The van der Waals surface area contributed by atoms with E-state index < -0.39 is 10.0 Å². The van der Waals surface area contributed by atoms with Crippen LogP contribution in [0, 0.1) is 20.8 Å². The fourth-order valence-corrected chi connectivity index (χ4v) is 3.50. The third-order valence-corrected chi connectivity index (χ3v) is 4.57. The Kier molecular flexibility index (Phi) is 3.56. The van der Waals surface area contributed by atoms with Crippen molar-refractivity contribution in [1.82, 2.24) is 10.2 Å². The summed E-state index contributed by atoms with van der Waals surface area (Å²) in [6.45, 7) is 5.31. The van der Waals surface area contributed by atoms with E-state index in [-0.39, 0.29) is 9.92 Å². The van der Waals surface area contributed by atoms with E-state index in [0.717, 1.165) is 5.56 Å². The van der Waals surface area contributed by atoms with Crippen LogP contribution in [0.25, 0.3) is 0 Å². The minimum absolute atomic E-state index is 0.0553. The highest BCUT2D eigenvalue weighted by molar-refractivity contribution is 7.92. The van der Waals surface area contributed by atoms with Gasteiger partial charge in [0.05, 0.1) is 22.1 Å². The molecular weight excluding hydrogens is 286 g/mol. The predicted molar refractivity (Wildman–Crippen MR) is 75.1 cm³/mol. The van der Waals surface area contributed by atoms with Crippen molar-refractivity contribution >= 4 is 27.3 Å². The molecule has 0 aliphatic heterocycles. The number of aromatic amines is 1. The summed E-state index contributed by atoms with van der Waals surface area (Å²) in [6, 6.07) is 4.81. The number of aryl methyl sites for hydroxylation is 3. The maximum atomic E-state index is 12.3. The van der Waals surface area contributed by atoms with Gasteiger partial charge < -0.3 is 0 Å². The lowest BCUT2D eigenvalue weighted by atomic mass is 10.2. The Labute approximate surface area is 117 Å². The quantitative estimate of drug-likeness (QED) is 0.915. The first-order valence-electron chi connectivity index (χ1n) is 5.62. The average Bonchev–Trinajstić information content (AvgIpc) is 2.60. The molecule has 5 nitrogen and oxygen atoms in total. The summed E-state index contributed by atoms with van der Waals surface area (Å²) in [5, 5.41) is 6.87. The van der Waals surface area contributed by atoms with Crippen LogP contribution in [0.2, 0.25) is 5.02 Å². The molecule has 102 valence electrons. The zero-order valence-electron chi connectivity index (χ0n) is 10.8. The molecule has 0 aliphatic rings. The molecule has 1 aromatic heterocycles. The van der Waals surface area contributed by atoms with Crippen molar-refractivity contribution in [2.75, 3.05) is 4.72 Å². The zero-order valence-corrected chi connectivity index (χ0v) is 12.4. The SMILES string of the molecule is Cc1ccc(S(=O)(=O)Nc2c(C)n[nH]c2C)c(Cl)c1. The molecule has 0 aliphatic carbocycles.